The largest absolute Gasteiger partial charge is 0.433 e. The summed E-state index contributed by atoms with van der Waals surface area (Å²) in [5.41, 5.74) is 0.576. The van der Waals surface area contributed by atoms with Crippen LogP contribution in [0.2, 0.25) is 0 Å². The molecule has 1 aliphatic heterocycles. The average Bonchev–Trinajstić information content (AvgIpc) is 3.58. The van der Waals surface area contributed by atoms with Crippen LogP contribution in [0.3, 0.4) is 0 Å². The van der Waals surface area contributed by atoms with Crippen LogP contribution < -0.4 is 10.1 Å². The lowest BCUT2D eigenvalue weighted by atomic mass is 10.1. The first kappa shape index (κ1) is 25.4. The molecule has 11 heteroatoms. The number of amides is 1. The van der Waals surface area contributed by atoms with Gasteiger partial charge in [0.05, 0.1) is 12.1 Å². The molecule has 0 radical (unpaired) electrons. The lowest BCUT2D eigenvalue weighted by Gasteiger charge is -2.37. The van der Waals surface area contributed by atoms with Gasteiger partial charge in [0.25, 0.3) is 0 Å². The lowest BCUT2D eigenvalue weighted by molar-refractivity contribution is -0.123. The third-order valence-corrected chi connectivity index (χ3v) is 7.79. The van der Waals surface area contributed by atoms with E-state index in [-0.39, 0.29) is 35.1 Å². The van der Waals surface area contributed by atoms with Crippen LogP contribution in [-0.4, -0.2) is 77.1 Å². The second-order valence-electron chi connectivity index (χ2n) is 9.33. The van der Waals surface area contributed by atoms with Crippen molar-refractivity contribution in [3.05, 3.63) is 59.1 Å². The average molecular weight is 528 g/mol. The molecular weight excluding hydrogens is 500 g/mol. The van der Waals surface area contributed by atoms with E-state index < -0.39 is 12.2 Å². The number of carbonyl (C=O) groups excluding carboxylic acids is 2. The van der Waals surface area contributed by atoms with Gasteiger partial charge in [-0.3, -0.25) is 14.5 Å². The Kier molecular flexibility index (Phi) is 7.27. The summed E-state index contributed by atoms with van der Waals surface area (Å²) in [4.78, 5) is 30.7. The van der Waals surface area contributed by atoms with Crippen molar-refractivity contribution in [1.82, 2.24) is 20.0 Å². The Balaban J connectivity index is 1.33. The maximum absolute atomic E-state index is 13.3. The van der Waals surface area contributed by atoms with Gasteiger partial charge in [-0.2, -0.15) is 8.78 Å². The minimum Gasteiger partial charge on any atom is -0.433 e. The van der Waals surface area contributed by atoms with E-state index in [4.69, 9.17) is 0 Å². The quantitative estimate of drug-likeness (QED) is 0.422. The molecule has 0 spiro atoms. The number of ketones is 1. The van der Waals surface area contributed by atoms with Crippen molar-refractivity contribution < 1.29 is 23.1 Å². The molecular formula is C26H27F2N5O3S. The van der Waals surface area contributed by atoms with E-state index in [1.807, 2.05) is 37.4 Å². The van der Waals surface area contributed by atoms with Crippen LogP contribution in [0.25, 0.3) is 10.6 Å². The summed E-state index contributed by atoms with van der Waals surface area (Å²) in [5.74, 6) is -0.719. The SMILES string of the molecule is CN1CCN(C2(C(=O)Nc3cc(C(=O)Cc4nnc(-c5ccccc5)s4)ccc3OC(F)F)CC2)CC1. The zero-order valence-electron chi connectivity index (χ0n) is 20.3. The summed E-state index contributed by atoms with van der Waals surface area (Å²) in [6.07, 6.45) is 1.40. The van der Waals surface area contributed by atoms with Crippen LogP contribution in [0.15, 0.2) is 48.5 Å². The summed E-state index contributed by atoms with van der Waals surface area (Å²) in [7, 11) is 2.04. The Morgan fingerprint density at radius 2 is 1.81 bits per heavy atom. The normalized spacial score (nSPS) is 17.5. The second-order valence-corrected chi connectivity index (χ2v) is 10.4. The molecule has 2 heterocycles. The van der Waals surface area contributed by atoms with Crippen molar-refractivity contribution in [2.24, 2.45) is 0 Å². The van der Waals surface area contributed by atoms with Crippen LogP contribution >= 0.6 is 11.3 Å². The molecule has 8 nitrogen and oxygen atoms in total. The van der Waals surface area contributed by atoms with Gasteiger partial charge in [0.1, 0.15) is 21.3 Å². The fourth-order valence-corrected chi connectivity index (χ4v) is 5.38. The Bertz CT molecular complexity index is 1270. The Labute approximate surface area is 217 Å². The lowest BCUT2D eigenvalue weighted by Crippen LogP contribution is -2.54. The zero-order chi connectivity index (χ0) is 26.0. The number of benzene rings is 2. The van der Waals surface area contributed by atoms with Crippen molar-refractivity contribution in [1.29, 1.82) is 0 Å². The third kappa shape index (κ3) is 5.68. The van der Waals surface area contributed by atoms with Gasteiger partial charge in [0.2, 0.25) is 5.91 Å². The van der Waals surface area contributed by atoms with E-state index in [0.717, 1.165) is 31.7 Å². The van der Waals surface area contributed by atoms with Crippen molar-refractivity contribution in [3.8, 4) is 16.3 Å². The number of nitrogens with one attached hydrogen (secondary N) is 1. The van der Waals surface area contributed by atoms with E-state index in [1.54, 1.807) is 0 Å². The number of aromatic nitrogens is 2. The van der Waals surface area contributed by atoms with Gasteiger partial charge in [-0.05, 0) is 38.1 Å². The summed E-state index contributed by atoms with van der Waals surface area (Å²) < 4.78 is 30.8. The molecule has 0 atom stereocenters. The number of carbonyl (C=O) groups is 2. The third-order valence-electron chi connectivity index (χ3n) is 6.82. The minimum atomic E-state index is -3.07. The molecule has 3 aromatic rings. The van der Waals surface area contributed by atoms with E-state index in [1.165, 1.54) is 29.5 Å². The molecule has 1 saturated carbocycles. The first-order valence-electron chi connectivity index (χ1n) is 12.1. The maximum atomic E-state index is 13.3. The number of ether oxygens (including phenoxy) is 1. The molecule has 37 heavy (non-hydrogen) atoms. The van der Waals surface area contributed by atoms with Crippen LogP contribution in [0, 0.1) is 0 Å². The van der Waals surface area contributed by atoms with E-state index >= 15 is 0 Å². The Morgan fingerprint density at radius 1 is 1.08 bits per heavy atom. The van der Waals surface area contributed by atoms with Crippen LogP contribution in [-0.2, 0) is 11.2 Å². The van der Waals surface area contributed by atoms with Crippen molar-refractivity contribution in [2.45, 2.75) is 31.4 Å². The summed E-state index contributed by atoms with van der Waals surface area (Å²) in [6, 6.07) is 13.6. The van der Waals surface area contributed by atoms with Gasteiger partial charge >= 0.3 is 6.61 Å². The number of hydrogen-bond donors (Lipinski definition) is 1. The smallest absolute Gasteiger partial charge is 0.387 e. The molecule has 1 aromatic heterocycles. The van der Waals surface area contributed by atoms with Crippen LogP contribution in [0.5, 0.6) is 5.75 Å². The first-order chi connectivity index (χ1) is 17.8. The number of hydrogen-bond acceptors (Lipinski definition) is 8. The Hall–Kier alpha value is -3.28. The zero-order valence-corrected chi connectivity index (χ0v) is 21.1. The van der Waals surface area contributed by atoms with E-state index in [0.29, 0.717) is 22.9 Å². The van der Waals surface area contributed by atoms with Crippen molar-refractivity contribution >= 4 is 28.7 Å². The highest BCUT2D eigenvalue weighted by molar-refractivity contribution is 7.14. The number of nitrogens with zero attached hydrogens (tertiary/aromatic N) is 4. The van der Waals surface area contributed by atoms with Gasteiger partial charge in [0, 0.05) is 37.3 Å². The number of likely N-dealkylation sites (N-methyl/N-ethyl adjacent to an activating group) is 1. The molecule has 2 fully saturated rings. The number of piperazine rings is 1. The molecule has 5 rings (SSSR count). The summed E-state index contributed by atoms with van der Waals surface area (Å²) in [5, 5.41) is 12.3. The van der Waals surface area contributed by atoms with Gasteiger partial charge < -0.3 is 15.0 Å². The van der Waals surface area contributed by atoms with Crippen molar-refractivity contribution in [3.63, 3.8) is 0 Å². The fraction of sp³-hybridized carbons (Fsp3) is 0.385. The number of rotatable bonds is 9. The molecule has 194 valence electrons. The monoisotopic (exact) mass is 527 g/mol. The Morgan fingerprint density at radius 3 is 2.49 bits per heavy atom. The second kappa shape index (κ2) is 10.6. The van der Waals surface area contributed by atoms with Gasteiger partial charge in [-0.15, -0.1) is 10.2 Å². The molecule has 1 saturated heterocycles. The molecule has 0 unspecified atom stereocenters. The molecule has 1 N–H and O–H groups in total. The molecule has 2 aromatic carbocycles. The maximum Gasteiger partial charge on any atom is 0.387 e. The first-order valence-corrected chi connectivity index (χ1v) is 12.9. The number of halogens is 2. The van der Waals surface area contributed by atoms with E-state index in [9.17, 15) is 18.4 Å². The molecule has 2 aliphatic rings. The van der Waals surface area contributed by atoms with Gasteiger partial charge in [0.15, 0.2) is 5.78 Å². The van der Waals surface area contributed by atoms with Gasteiger partial charge in [-0.1, -0.05) is 41.7 Å². The highest BCUT2D eigenvalue weighted by Gasteiger charge is 2.54. The highest BCUT2D eigenvalue weighted by Crippen LogP contribution is 2.44. The van der Waals surface area contributed by atoms with Gasteiger partial charge in [-0.25, -0.2) is 0 Å². The van der Waals surface area contributed by atoms with E-state index in [2.05, 4.69) is 30.1 Å². The number of Topliss-reactive ketones (excluding diaryl/α,β-unsaturated/α-hetero) is 1. The van der Waals surface area contributed by atoms with Crippen molar-refractivity contribution in [2.75, 3.05) is 38.5 Å². The van der Waals surface area contributed by atoms with Crippen LogP contribution in [0.1, 0.15) is 28.2 Å². The molecule has 1 amide bonds. The van der Waals surface area contributed by atoms with Crippen LogP contribution in [0.4, 0.5) is 14.5 Å². The standard InChI is InChI=1S/C26H27F2N5O3S/c1-32-11-13-33(14-12-32)26(9-10-26)24(35)29-19-15-18(7-8-21(19)36-25(27)28)20(34)16-22-30-31-23(37-22)17-5-3-2-4-6-17/h2-8,15,25H,9-14,16H2,1H3,(H,29,35). The number of anilines is 1. The highest BCUT2D eigenvalue weighted by atomic mass is 32.1. The summed E-state index contributed by atoms with van der Waals surface area (Å²) >= 11 is 1.32. The number of alkyl halides is 2. The topological polar surface area (TPSA) is 87.7 Å². The predicted octanol–water partition coefficient (Wildman–Crippen LogP) is 3.95. The summed E-state index contributed by atoms with van der Waals surface area (Å²) in [6.45, 7) is 0.167. The fourth-order valence-electron chi connectivity index (χ4n) is 4.54. The predicted molar refractivity (Wildman–Crippen MR) is 136 cm³/mol. The molecule has 0 bridgehead atoms. The minimum absolute atomic E-state index is 0.00181. The molecule has 1 aliphatic carbocycles.